The lowest BCUT2D eigenvalue weighted by Gasteiger charge is -2.26. The van der Waals surface area contributed by atoms with E-state index in [4.69, 9.17) is 9.47 Å². The van der Waals surface area contributed by atoms with Gasteiger partial charge in [0.2, 0.25) is 0 Å². The average molecular weight is 626 g/mol. The van der Waals surface area contributed by atoms with E-state index in [9.17, 15) is 14.9 Å². The Morgan fingerprint density at radius 2 is 1.38 bits per heavy atom. The molecule has 6 nitrogen and oxygen atoms in total. The summed E-state index contributed by atoms with van der Waals surface area (Å²) in [5.74, 6) is 5.55. The maximum absolute atomic E-state index is 12.8. The molecule has 0 atom stereocenters. The lowest BCUT2D eigenvalue weighted by atomic mass is 9.79. The van der Waals surface area contributed by atoms with Gasteiger partial charge in [-0.3, -0.25) is 10.1 Å². The van der Waals surface area contributed by atoms with Gasteiger partial charge in [0, 0.05) is 23.4 Å². The zero-order valence-corrected chi connectivity index (χ0v) is 27.9. The van der Waals surface area contributed by atoms with Crippen molar-refractivity contribution in [2.45, 2.75) is 65.9 Å². The second-order valence-corrected chi connectivity index (χ2v) is 13.8. The molecule has 5 rings (SSSR count). The fourth-order valence-electron chi connectivity index (χ4n) is 5.17. The number of non-ortho nitro benzene ring substituents is 1. The van der Waals surface area contributed by atoms with Gasteiger partial charge in [-0.1, -0.05) is 114 Å². The first-order chi connectivity index (χ1) is 22.2. The van der Waals surface area contributed by atoms with Crippen LogP contribution >= 0.6 is 0 Å². The smallest absolute Gasteiger partial charge is 0.390 e. The molecule has 0 saturated heterocycles. The van der Waals surface area contributed by atoms with Gasteiger partial charge in [-0.25, -0.2) is 4.79 Å². The molecule has 0 aromatic heterocycles. The number of aryl methyl sites for hydroxylation is 1. The number of rotatable bonds is 6. The van der Waals surface area contributed by atoms with E-state index in [-0.39, 0.29) is 22.3 Å². The van der Waals surface area contributed by atoms with E-state index in [1.165, 1.54) is 41.0 Å². The van der Waals surface area contributed by atoms with Crippen molar-refractivity contribution in [1.29, 1.82) is 0 Å². The second kappa shape index (κ2) is 13.1. The monoisotopic (exact) mass is 625 g/mol. The predicted molar refractivity (Wildman–Crippen MR) is 188 cm³/mol. The van der Waals surface area contributed by atoms with Gasteiger partial charge in [0.25, 0.3) is 5.69 Å². The zero-order chi connectivity index (χ0) is 33.9. The van der Waals surface area contributed by atoms with Crippen molar-refractivity contribution < 1.29 is 19.2 Å². The summed E-state index contributed by atoms with van der Waals surface area (Å²) in [7, 11) is 0. The van der Waals surface area contributed by atoms with E-state index >= 15 is 0 Å². The molecule has 0 N–H and O–H groups in total. The van der Waals surface area contributed by atoms with Crippen LogP contribution < -0.4 is 9.47 Å². The quantitative estimate of drug-likeness (QED) is 0.0617. The molecule has 0 saturated carbocycles. The maximum atomic E-state index is 12.8. The summed E-state index contributed by atoms with van der Waals surface area (Å²) < 4.78 is 11.8. The van der Waals surface area contributed by atoms with Crippen LogP contribution in [0.4, 0.5) is 5.69 Å². The molecule has 5 aromatic rings. The number of hydrogen-bond acceptors (Lipinski definition) is 5. The molecule has 0 aliphatic heterocycles. The Hall–Kier alpha value is -5.41. The molecule has 0 aliphatic rings. The highest BCUT2D eigenvalue weighted by atomic mass is 16.6. The van der Waals surface area contributed by atoms with Gasteiger partial charge in [-0.15, -0.1) is 0 Å². The third-order valence-corrected chi connectivity index (χ3v) is 8.03. The molecule has 0 heterocycles. The zero-order valence-electron chi connectivity index (χ0n) is 27.9. The number of nitrogens with zero attached hydrogens (tertiary/aromatic N) is 1. The van der Waals surface area contributed by atoms with Crippen molar-refractivity contribution in [1.82, 2.24) is 0 Å². The van der Waals surface area contributed by atoms with Crippen molar-refractivity contribution in [3.63, 3.8) is 0 Å². The van der Waals surface area contributed by atoms with E-state index in [1.54, 1.807) is 0 Å². The van der Waals surface area contributed by atoms with Gasteiger partial charge in [0.05, 0.1) is 10.5 Å². The molecule has 47 heavy (non-hydrogen) atoms. The number of ether oxygens (including phenoxy) is 2. The van der Waals surface area contributed by atoms with Crippen molar-refractivity contribution in [3.05, 3.63) is 135 Å². The summed E-state index contributed by atoms with van der Waals surface area (Å²) in [6.07, 6.45) is 0. The molecule has 0 aliphatic carbocycles. The van der Waals surface area contributed by atoms with Gasteiger partial charge in [0.1, 0.15) is 18.1 Å². The highest BCUT2D eigenvalue weighted by molar-refractivity contribution is 5.96. The van der Waals surface area contributed by atoms with Crippen LogP contribution in [0.2, 0.25) is 0 Å². The van der Waals surface area contributed by atoms with Crippen molar-refractivity contribution in [3.8, 4) is 34.5 Å². The summed E-state index contributed by atoms with van der Waals surface area (Å²) in [6.45, 7) is 15.6. The molecular weight excluding hydrogens is 586 g/mol. The van der Waals surface area contributed by atoms with E-state index in [1.807, 2.05) is 24.3 Å². The third-order valence-electron chi connectivity index (χ3n) is 8.03. The number of hydrogen-bond donors (Lipinski definition) is 0. The summed E-state index contributed by atoms with van der Waals surface area (Å²) >= 11 is 0. The maximum Gasteiger partial charge on any atom is 0.390 e. The van der Waals surface area contributed by atoms with E-state index < -0.39 is 10.9 Å². The molecule has 6 heteroatoms. The van der Waals surface area contributed by atoms with Gasteiger partial charge < -0.3 is 9.47 Å². The van der Waals surface area contributed by atoms with Crippen LogP contribution in [0.1, 0.15) is 69.4 Å². The van der Waals surface area contributed by atoms with Gasteiger partial charge in [-0.2, -0.15) is 0 Å². The van der Waals surface area contributed by atoms with Gasteiger partial charge in [0.15, 0.2) is 0 Å². The minimum Gasteiger partial charge on any atom is -0.488 e. The Kier molecular flexibility index (Phi) is 9.21. The molecule has 0 unspecified atom stereocenters. The molecule has 0 fully saturated rings. The molecule has 0 radical (unpaired) electrons. The number of fused-ring (bicyclic) bond motifs is 1. The summed E-state index contributed by atoms with van der Waals surface area (Å²) in [5, 5.41) is 12.8. The Balaban J connectivity index is 1.52. The molecule has 0 amide bonds. The normalized spacial score (nSPS) is 11.5. The first-order valence-corrected chi connectivity index (χ1v) is 15.6. The predicted octanol–water partition coefficient (Wildman–Crippen LogP) is 9.85. The third kappa shape index (κ3) is 8.06. The van der Waals surface area contributed by atoms with Crippen LogP contribution in [0, 0.1) is 28.9 Å². The lowest BCUT2D eigenvalue weighted by molar-refractivity contribution is -0.384. The van der Waals surface area contributed by atoms with Crippen LogP contribution in [0.5, 0.6) is 11.5 Å². The molecule has 0 spiro atoms. The largest absolute Gasteiger partial charge is 0.488 e. The average Bonchev–Trinajstić information content (AvgIpc) is 3.02. The minimum atomic E-state index is -0.786. The van der Waals surface area contributed by atoms with Gasteiger partial charge in [-0.05, 0) is 75.2 Å². The van der Waals surface area contributed by atoms with E-state index in [2.05, 4.69) is 109 Å². The number of nitro groups is 1. The van der Waals surface area contributed by atoms with Crippen molar-refractivity contribution in [2.75, 3.05) is 0 Å². The van der Waals surface area contributed by atoms with E-state index in [0.717, 1.165) is 27.5 Å². The number of nitro benzene ring substituents is 1. The SMILES string of the molecule is Cc1ccc(-c2ccc3c(C#CC(=O)Oc4ccc([N+](=O)[O-])cc4)c(OCc4cc(C(C)(C)C)cc(C(C)(C)C)c4)ccc3c2)cc1. The van der Waals surface area contributed by atoms with Gasteiger partial charge >= 0.3 is 5.97 Å². The first kappa shape index (κ1) is 33.0. The Bertz CT molecular complexity index is 1980. The highest BCUT2D eigenvalue weighted by Crippen LogP contribution is 2.34. The number of esters is 1. The highest BCUT2D eigenvalue weighted by Gasteiger charge is 2.21. The number of benzene rings is 5. The second-order valence-electron chi connectivity index (χ2n) is 13.8. The topological polar surface area (TPSA) is 78.7 Å². The Morgan fingerprint density at radius 1 is 0.766 bits per heavy atom. The van der Waals surface area contributed by atoms with Crippen LogP contribution in [-0.2, 0) is 22.2 Å². The molecule has 238 valence electrons. The van der Waals surface area contributed by atoms with Crippen LogP contribution in [0.15, 0.2) is 97.1 Å². The molecular formula is C41H39NO5. The Morgan fingerprint density at radius 3 is 1.98 bits per heavy atom. The Labute approximate surface area is 276 Å². The molecule has 5 aromatic carbocycles. The fourth-order valence-corrected chi connectivity index (χ4v) is 5.17. The standard InChI is InChI=1S/C41H39NO5/c1-27-8-10-29(11-9-27)30-12-18-36-31(24-30)13-20-38(37(36)19-21-39(43)47-35-16-14-34(15-17-35)42(44)45)46-26-28-22-32(40(2,3)4)25-33(23-28)41(5,6)7/h8-18,20,22-25H,26H2,1-7H3. The number of carbonyl (C=O) groups is 1. The van der Waals surface area contributed by atoms with Crippen molar-refractivity contribution in [2.24, 2.45) is 0 Å². The molecule has 0 bridgehead atoms. The van der Waals surface area contributed by atoms with Crippen LogP contribution in [0.3, 0.4) is 0 Å². The summed E-state index contributed by atoms with van der Waals surface area (Å²) in [6, 6.07) is 30.4. The summed E-state index contributed by atoms with van der Waals surface area (Å²) in [5.41, 5.74) is 7.29. The van der Waals surface area contributed by atoms with E-state index in [0.29, 0.717) is 17.9 Å². The first-order valence-electron chi connectivity index (χ1n) is 15.6. The summed E-state index contributed by atoms with van der Waals surface area (Å²) in [4.78, 5) is 23.3. The fraction of sp³-hybridized carbons (Fsp3) is 0.244. The lowest BCUT2D eigenvalue weighted by Crippen LogP contribution is -2.17. The van der Waals surface area contributed by atoms with Crippen LogP contribution in [0.25, 0.3) is 21.9 Å². The minimum absolute atomic E-state index is 0.0330. The van der Waals surface area contributed by atoms with Crippen molar-refractivity contribution >= 4 is 22.4 Å². The van der Waals surface area contributed by atoms with Crippen LogP contribution in [-0.4, -0.2) is 10.9 Å². The number of carbonyl (C=O) groups excluding carboxylic acids is 1.